The lowest BCUT2D eigenvalue weighted by atomic mass is 10.0. The van der Waals surface area contributed by atoms with Gasteiger partial charge < -0.3 is 42.2 Å². The van der Waals surface area contributed by atoms with Crippen molar-refractivity contribution in [3.8, 4) is 5.75 Å². The van der Waals surface area contributed by atoms with Crippen molar-refractivity contribution in [3.05, 3.63) is 48.0 Å². The number of benzene rings is 1. The number of carbonyl (C=O) groups is 5. The average Bonchev–Trinajstić information content (AvgIpc) is 3.47. The number of carboxylic acids is 1. The molecule has 2 rings (SSSR count). The highest BCUT2D eigenvalue weighted by atomic mass is 32.2. The molecule has 0 saturated carbocycles. The van der Waals surface area contributed by atoms with Crippen LogP contribution in [0.15, 0.2) is 36.8 Å². The Morgan fingerprint density at radius 2 is 1.53 bits per heavy atom. The van der Waals surface area contributed by atoms with Crippen molar-refractivity contribution in [2.24, 2.45) is 11.7 Å². The summed E-state index contributed by atoms with van der Waals surface area (Å²) in [5.41, 5.74) is 7.21. The standard InChI is InChI=1S/C28H41N7O7S/c1-15(2)23(35-24(37)20(29)12-18-13-30-14-31-18)27(40)33-21(9-10-43-4)25(38)34-22(26(39)32-16(3)28(41)42)11-17-5-7-19(36)8-6-17/h5-8,13-16,20-23,36H,9-12,29H2,1-4H3,(H,30,31)(H,32,39)(H,33,40)(H,34,38)(H,35,37)(H,41,42)/t16-,20-,21-,22-,23-/m0/s1. The number of imidazole rings is 1. The van der Waals surface area contributed by atoms with E-state index in [0.29, 0.717) is 17.0 Å². The monoisotopic (exact) mass is 619 g/mol. The minimum Gasteiger partial charge on any atom is -0.508 e. The minimum absolute atomic E-state index is 0.00798. The molecule has 0 aliphatic rings. The Balaban J connectivity index is 2.19. The third kappa shape index (κ3) is 11.6. The summed E-state index contributed by atoms with van der Waals surface area (Å²) in [7, 11) is 0. The predicted octanol–water partition coefficient (Wildman–Crippen LogP) is -0.319. The van der Waals surface area contributed by atoms with Crippen LogP contribution in [-0.4, -0.2) is 92.0 Å². The van der Waals surface area contributed by atoms with Crippen LogP contribution in [0.5, 0.6) is 5.75 Å². The fraction of sp³-hybridized carbons (Fsp3) is 0.500. The summed E-state index contributed by atoms with van der Waals surface area (Å²) in [4.78, 5) is 70.8. The zero-order valence-corrected chi connectivity index (χ0v) is 25.4. The molecule has 2 aromatic rings. The summed E-state index contributed by atoms with van der Waals surface area (Å²) in [5, 5.41) is 29.2. The number of aromatic hydroxyl groups is 1. The molecule has 1 heterocycles. The Labute approximate surface area is 254 Å². The maximum atomic E-state index is 13.5. The molecule has 15 heteroatoms. The number of nitrogens with two attached hydrogens (primary N) is 1. The van der Waals surface area contributed by atoms with Gasteiger partial charge in [0.2, 0.25) is 23.6 Å². The first kappa shape index (κ1) is 35.1. The normalized spacial score (nSPS) is 14.6. The first-order valence-electron chi connectivity index (χ1n) is 13.8. The highest BCUT2D eigenvalue weighted by molar-refractivity contribution is 7.98. The number of carboxylic acid groups (broad SMARTS) is 1. The maximum Gasteiger partial charge on any atom is 0.325 e. The molecule has 5 atom stereocenters. The zero-order chi connectivity index (χ0) is 32.1. The average molecular weight is 620 g/mol. The van der Waals surface area contributed by atoms with Crippen molar-refractivity contribution in [2.45, 2.75) is 70.2 Å². The smallest absolute Gasteiger partial charge is 0.325 e. The molecule has 1 aromatic heterocycles. The van der Waals surface area contributed by atoms with Crippen LogP contribution >= 0.6 is 11.8 Å². The number of thioether (sulfide) groups is 1. The Hall–Kier alpha value is -4.11. The van der Waals surface area contributed by atoms with Crippen LogP contribution in [0.1, 0.15) is 38.4 Å². The SMILES string of the molecule is CSCC[C@H](NC(=O)[C@@H](NC(=O)[C@@H](N)Cc1c[nH]cn1)C(C)C)C(=O)N[C@@H](Cc1ccc(O)cc1)C(=O)N[C@@H](C)C(=O)O. The van der Waals surface area contributed by atoms with E-state index in [0.717, 1.165) is 0 Å². The molecule has 0 bridgehead atoms. The number of aromatic nitrogens is 2. The molecule has 9 N–H and O–H groups in total. The Kier molecular flexibility index (Phi) is 14.0. The highest BCUT2D eigenvalue weighted by Gasteiger charge is 2.32. The fourth-order valence-corrected chi connectivity index (χ4v) is 4.48. The van der Waals surface area contributed by atoms with Gasteiger partial charge in [0.15, 0.2) is 0 Å². The molecular formula is C28H41N7O7S. The maximum absolute atomic E-state index is 13.5. The molecular weight excluding hydrogens is 578 g/mol. The van der Waals surface area contributed by atoms with E-state index in [4.69, 9.17) is 5.73 Å². The van der Waals surface area contributed by atoms with Gasteiger partial charge in [-0.25, -0.2) is 4.98 Å². The van der Waals surface area contributed by atoms with Crippen LogP contribution in [0.4, 0.5) is 0 Å². The molecule has 0 aliphatic carbocycles. The van der Waals surface area contributed by atoms with E-state index in [2.05, 4.69) is 31.2 Å². The van der Waals surface area contributed by atoms with Gasteiger partial charge >= 0.3 is 5.97 Å². The molecule has 43 heavy (non-hydrogen) atoms. The summed E-state index contributed by atoms with van der Waals surface area (Å²) in [5.74, 6) is -3.64. The Morgan fingerprint density at radius 1 is 0.907 bits per heavy atom. The lowest BCUT2D eigenvalue weighted by molar-refractivity contribution is -0.141. The molecule has 0 radical (unpaired) electrons. The third-order valence-corrected chi connectivity index (χ3v) is 7.19. The summed E-state index contributed by atoms with van der Waals surface area (Å²) in [6, 6.07) is 0.562. The van der Waals surface area contributed by atoms with Crippen molar-refractivity contribution in [1.29, 1.82) is 0 Å². The topological polar surface area (TPSA) is 229 Å². The van der Waals surface area contributed by atoms with E-state index in [1.54, 1.807) is 32.2 Å². The summed E-state index contributed by atoms with van der Waals surface area (Å²) in [6.07, 6.45) is 5.29. The number of hydrogen-bond acceptors (Lipinski definition) is 9. The number of nitrogens with one attached hydrogen (secondary N) is 5. The number of aliphatic carboxylic acids is 1. The van der Waals surface area contributed by atoms with Crippen LogP contribution in [0, 0.1) is 5.92 Å². The number of hydrogen-bond donors (Lipinski definition) is 8. The lowest BCUT2D eigenvalue weighted by Gasteiger charge is -2.27. The number of amides is 4. The van der Waals surface area contributed by atoms with Crippen LogP contribution < -0.4 is 27.0 Å². The van der Waals surface area contributed by atoms with Crippen molar-refractivity contribution < 1.29 is 34.2 Å². The van der Waals surface area contributed by atoms with E-state index >= 15 is 0 Å². The van der Waals surface area contributed by atoms with Gasteiger partial charge in [0, 0.05) is 19.0 Å². The van der Waals surface area contributed by atoms with E-state index in [-0.39, 0.29) is 30.9 Å². The third-order valence-electron chi connectivity index (χ3n) is 6.55. The second kappa shape index (κ2) is 17.1. The van der Waals surface area contributed by atoms with Crippen LogP contribution in [0.3, 0.4) is 0 Å². The van der Waals surface area contributed by atoms with Crippen LogP contribution in [0.2, 0.25) is 0 Å². The van der Waals surface area contributed by atoms with E-state index in [9.17, 15) is 34.2 Å². The van der Waals surface area contributed by atoms with Crippen molar-refractivity contribution in [3.63, 3.8) is 0 Å². The second-order valence-corrected chi connectivity index (χ2v) is 11.4. The number of phenolic OH excluding ortho intramolecular Hbond substituents is 1. The molecule has 14 nitrogen and oxygen atoms in total. The van der Waals surface area contributed by atoms with Crippen molar-refractivity contribution in [1.82, 2.24) is 31.2 Å². The Morgan fingerprint density at radius 3 is 2.09 bits per heavy atom. The number of nitrogens with zero attached hydrogens (tertiary/aromatic N) is 1. The van der Waals surface area contributed by atoms with E-state index in [1.807, 2.05) is 6.26 Å². The molecule has 1 aromatic carbocycles. The molecule has 0 spiro atoms. The van der Waals surface area contributed by atoms with Crippen molar-refractivity contribution in [2.75, 3.05) is 12.0 Å². The summed E-state index contributed by atoms with van der Waals surface area (Å²) in [6.45, 7) is 4.77. The van der Waals surface area contributed by atoms with E-state index < -0.39 is 59.8 Å². The Bertz CT molecular complexity index is 1220. The number of H-pyrrole nitrogens is 1. The van der Waals surface area contributed by atoms with Gasteiger partial charge in [0.25, 0.3) is 0 Å². The molecule has 236 valence electrons. The minimum atomic E-state index is -1.25. The number of phenols is 1. The summed E-state index contributed by atoms with van der Waals surface area (Å²) >= 11 is 1.45. The van der Waals surface area contributed by atoms with Crippen LogP contribution in [0.25, 0.3) is 0 Å². The molecule has 0 saturated heterocycles. The van der Waals surface area contributed by atoms with Gasteiger partial charge in [0.1, 0.15) is 29.9 Å². The first-order chi connectivity index (χ1) is 20.3. The number of rotatable bonds is 17. The number of carbonyl (C=O) groups excluding carboxylic acids is 4. The van der Waals surface area contributed by atoms with Gasteiger partial charge in [-0.05, 0) is 49.0 Å². The van der Waals surface area contributed by atoms with Crippen molar-refractivity contribution >= 4 is 41.4 Å². The molecule has 0 unspecified atom stereocenters. The summed E-state index contributed by atoms with van der Waals surface area (Å²) < 4.78 is 0. The van der Waals surface area contributed by atoms with Crippen LogP contribution in [-0.2, 0) is 36.8 Å². The lowest BCUT2D eigenvalue weighted by Crippen LogP contribution is -2.59. The highest BCUT2D eigenvalue weighted by Crippen LogP contribution is 2.13. The first-order valence-corrected chi connectivity index (χ1v) is 15.2. The largest absolute Gasteiger partial charge is 0.508 e. The van der Waals surface area contributed by atoms with Gasteiger partial charge in [0.05, 0.1) is 18.1 Å². The second-order valence-electron chi connectivity index (χ2n) is 10.4. The predicted molar refractivity (Wildman–Crippen MR) is 161 cm³/mol. The van der Waals surface area contributed by atoms with Gasteiger partial charge in [-0.1, -0.05) is 26.0 Å². The quantitative estimate of drug-likeness (QED) is 0.115. The van der Waals surface area contributed by atoms with Gasteiger partial charge in [-0.2, -0.15) is 11.8 Å². The molecule has 4 amide bonds. The zero-order valence-electron chi connectivity index (χ0n) is 24.6. The fourth-order valence-electron chi connectivity index (χ4n) is 4.01. The van der Waals surface area contributed by atoms with E-state index in [1.165, 1.54) is 37.1 Å². The van der Waals surface area contributed by atoms with Gasteiger partial charge in [-0.15, -0.1) is 0 Å². The van der Waals surface area contributed by atoms with Gasteiger partial charge in [-0.3, -0.25) is 24.0 Å². The molecule has 0 aliphatic heterocycles. The molecule has 0 fully saturated rings. The number of aromatic amines is 1.